The van der Waals surface area contributed by atoms with Gasteiger partial charge in [0.2, 0.25) is 0 Å². The van der Waals surface area contributed by atoms with Crippen LogP contribution in [0.15, 0.2) is 0 Å². The van der Waals surface area contributed by atoms with Crippen molar-refractivity contribution in [2.75, 3.05) is 7.05 Å². The van der Waals surface area contributed by atoms with Crippen molar-refractivity contribution in [3.63, 3.8) is 0 Å². The molecule has 0 aromatic heterocycles. The van der Waals surface area contributed by atoms with E-state index in [0.29, 0.717) is 0 Å². The van der Waals surface area contributed by atoms with Gasteiger partial charge in [0, 0.05) is 0 Å². The highest BCUT2D eigenvalue weighted by molar-refractivity contribution is 5.85. The first-order valence-corrected chi connectivity index (χ1v) is 4.26. The molecule has 0 aliphatic heterocycles. The molecule has 0 amide bonds. The lowest BCUT2D eigenvalue weighted by Gasteiger charge is -2.25. The van der Waals surface area contributed by atoms with E-state index in [-0.39, 0.29) is 11.3 Å². The van der Waals surface area contributed by atoms with E-state index < -0.39 is 0 Å². The van der Waals surface area contributed by atoms with Gasteiger partial charge in [-0.05, 0) is 27.3 Å². The zero-order valence-corrected chi connectivity index (χ0v) is 8.03. The van der Waals surface area contributed by atoms with E-state index in [1.54, 1.807) is 6.92 Å². The van der Waals surface area contributed by atoms with Crippen molar-refractivity contribution in [2.45, 2.75) is 45.6 Å². The third kappa shape index (κ3) is 3.02. The molecule has 0 radical (unpaired) electrons. The molecule has 11 heavy (non-hydrogen) atoms. The van der Waals surface area contributed by atoms with Gasteiger partial charge in [0.25, 0.3) is 0 Å². The molecule has 2 nitrogen and oxygen atoms in total. The molecule has 0 spiro atoms. The average molecular weight is 157 g/mol. The van der Waals surface area contributed by atoms with Gasteiger partial charge in [0.1, 0.15) is 5.78 Å². The first kappa shape index (κ1) is 10.6. The lowest BCUT2D eigenvalue weighted by atomic mass is 9.91. The van der Waals surface area contributed by atoms with Crippen LogP contribution in [-0.4, -0.2) is 18.4 Å². The first-order chi connectivity index (χ1) is 5.06. The van der Waals surface area contributed by atoms with Gasteiger partial charge < -0.3 is 5.32 Å². The summed E-state index contributed by atoms with van der Waals surface area (Å²) in [6.45, 7) is 5.74. The van der Waals surface area contributed by atoms with E-state index in [9.17, 15) is 4.79 Å². The molecular formula is C9H19NO. The van der Waals surface area contributed by atoms with Crippen LogP contribution in [0.2, 0.25) is 0 Å². The molecule has 0 heterocycles. The smallest absolute Gasteiger partial charge is 0.149 e. The average Bonchev–Trinajstić information content (AvgIpc) is 2.00. The number of carbonyl (C=O) groups excluding carboxylic acids is 1. The summed E-state index contributed by atoms with van der Waals surface area (Å²) < 4.78 is 0. The van der Waals surface area contributed by atoms with Gasteiger partial charge in [0.15, 0.2) is 0 Å². The predicted octanol–water partition coefficient (Wildman–Crippen LogP) is 1.74. The SMILES string of the molecule is CCCCC(C)(NC)C(C)=O. The van der Waals surface area contributed by atoms with Crippen LogP contribution in [0.25, 0.3) is 0 Å². The number of Topliss-reactive ketones (excluding diaryl/α,β-unsaturated/α-hetero) is 1. The molecule has 1 N–H and O–H groups in total. The Morgan fingerprint density at radius 3 is 2.36 bits per heavy atom. The van der Waals surface area contributed by atoms with Crippen LogP contribution in [0.3, 0.4) is 0 Å². The van der Waals surface area contributed by atoms with Crippen molar-refractivity contribution in [3.8, 4) is 0 Å². The molecule has 0 aliphatic carbocycles. The van der Waals surface area contributed by atoms with Crippen LogP contribution in [0, 0.1) is 0 Å². The lowest BCUT2D eigenvalue weighted by Crippen LogP contribution is -2.46. The van der Waals surface area contributed by atoms with Gasteiger partial charge in [0.05, 0.1) is 5.54 Å². The Morgan fingerprint density at radius 2 is 2.09 bits per heavy atom. The number of ketones is 1. The standard InChI is InChI=1S/C9H19NO/c1-5-6-7-9(3,10-4)8(2)11/h10H,5-7H2,1-4H3. The fourth-order valence-corrected chi connectivity index (χ4v) is 1.01. The second kappa shape index (κ2) is 4.50. The fourth-order valence-electron chi connectivity index (χ4n) is 1.01. The summed E-state index contributed by atoms with van der Waals surface area (Å²) in [6, 6.07) is 0. The minimum Gasteiger partial charge on any atom is -0.308 e. The predicted molar refractivity (Wildman–Crippen MR) is 47.7 cm³/mol. The van der Waals surface area contributed by atoms with Gasteiger partial charge in [-0.15, -0.1) is 0 Å². The molecule has 1 atom stereocenters. The van der Waals surface area contributed by atoms with Gasteiger partial charge in [-0.3, -0.25) is 4.79 Å². The van der Waals surface area contributed by atoms with E-state index in [1.807, 2.05) is 14.0 Å². The van der Waals surface area contributed by atoms with Crippen molar-refractivity contribution >= 4 is 5.78 Å². The molecule has 66 valence electrons. The zero-order valence-electron chi connectivity index (χ0n) is 8.03. The summed E-state index contributed by atoms with van der Waals surface area (Å²) in [4.78, 5) is 11.1. The highest BCUT2D eigenvalue weighted by Crippen LogP contribution is 2.13. The summed E-state index contributed by atoms with van der Waals surface area (Å²) >= 11 is 0. The second-order valence-corrected chi connectivity index (χ2v) is 3.24. The van der Waals surface area contributed by atoms with Crippen molar-refractivity contribution in [1.82, 2.24) is 5.32 Å². The van der Waals surface area contributed by atoms with E-state index in [0.717, 1.165) is 19.3 Å². The molecule has 0 aromatic carbocycles. The summed E-state index contributed by atoms with van der Waals surface area (Å²) in [7, 11) is 1.84. The van der Waals surface area contributed by atoms with Crippen molar-refractivity contribution in [2.24, 2.45) is 0 Å². The number of likely N-dealkylation sites (N-methyl/N-ethyl adjacent to an activating group) is 1. The van der Waals surface area contributed by atoms with E-state index in [2.05, 4.69) is 12.2 Å². The maximum atomic E-state index is 11.1. The van der Waals surface area contributed by atoms with E-state index >= 15 is 0 Å². The third-order valence-electron chi connectivity index (χ3n) is 2.36. The minimum absolute atomic E-state index is 0.230. The number of carbonyl (C=O) groups is 1. The number of hydrogen-bond donors (Lipinski definition) is 1. The maximum absolute atomic E-state index is 11.1. The van der Waals surface area contributed by atoms with Crippen LogP contribution < -0.4 is 5.32 Å². The van der Waals surface area contributed by atoms with Gasteiger partial charge in [-0.1, -0.05) is 19.8 Å². The normalized spacial score (nSPS) is 16.0. The zero-order chi connectivity index (χ0) is 8.91. The quantitative estimate of drug-likeness (QED) is 0.658. The van der Waals surface area contributed by atoms with Gasteiger partial charge in [-0.25, -0.2) is 0 Å². The molecule has 2 heteroatoms. The highest BCUT2D eigenvalue weighted by atomic mass is 16.1. The van der Waals surface area contributed by atoms with Crippen LogP contribution in [0.5, 0.6) is 0 Å². The van der Waals surface area contributed by atoms with Crippen molar-refractivity contribution < 1.29 is 4.79 Å². The molecule has 1 unspecified atom stereocenters. The van der Waals surface area contributed by atoms with Gasteiger partial charge >= 0.3 is 0 Å². The Kier molecular flexibility index (Phi) is 4.34. The minimum atomic E-state index is -0.296. The van der Waals surface area contributed by atoms with Crippen LogP contribution >= 0.6 is 0 Å². The Bertz CT molecular complexity index is 134. The summed E-state index contributed by atoms with van der Waals surface area (Å²) in [6.07, 6.45) is 3.19. The van der Waals surface area contributed by atoms with Crippen LogP contribution in [0.1, 0.15) is 40.0 Å². The number of unbranched alkanes of at least 4 members (excludes halogenated alkanes) is 1. The van der Waals surface area contributed by atoms with Crippen LogP contribution in [0.4, 0.5) is 0 Å². The molecule has 0 bridgehead atoms. The molecule has 0 rings (SSSR count). The molecule has 0 saturated heterocycles. The number of rotatable bonds is 5. The van der Waals surface area contributed by atoms with Crippen molar-refractivity contribution in [3.05, 3.63) is 0 Å². The summed E-state index contributed by atoms with van der Waals surface area (Å²) in [5.41, 5.74) is -0.296. The van der Waals surface area contributed by atoms with E-state index in [4.69, 9.17) is 0 Å². The van der Waals surface area contributed by atoms with E-state index in [1.165, 1.54) is 0 Å². The fraction of sp³-hybridized carbons (Fsp3) is 0.889. The molecular weight excluding hydrogens is 138 g/mol. The topological polar surface area (TPSA) is 29.1 Å². The monoisotopic (exact) mass is 157 g/mol. The Labute approximate surface area is 69.4 Å². The third-order valence-corrected chi connectivity index (χ3v) is 2.36. The second-order valence-electron chi connectivity index (χ2n) is 3.24. The highest BCUT2D eigenvalue weighted by Gasteiger charge is 2.26. The summed E-state index contributed by atoms with van der Waals surface area (Å²) in [5.74, 6) is 0.230. The Morgan fingerprint density at radius 1 is 1.55 bits per heavy atom. The largest absolute Gasteiger partial charge is 0.308 e. The number of nitrogens with one attached hydrogen (secondary N) is 1. The lowest BCUT2D eigenvalue weighted by molar-refractivity contribution is -0.122. The first-order valence-electron chi connectivity index (χ1n) is 4.26. The Balaban J connectivity index is 3.99. The molecule has 0 fully saturated rings. The number of hydrogen-bond acceptors (Lipinski definition) is 2. The van der Waals surface area contributed by atoms with Crippen molar-refractivity contribution in [1.29, 1.82) is 0 Å². The summed E-state index contributed by atoms with van der Waals surface area (Å²) in [5, 5.41) is 3.06. The molecule has 0 aromatic rings. The molecule has 0 saturated carbocycles. The molecule has 0 aliphatic rings. The maximum Gasteiger partial charge on any atom is 0.149 e. The Hall–Kier alpha value is -0.370. The van der Waals surface area contributed by atoms with Gasteiger partial charge in [-0.2, -0.15) is 0 Å². The van der Waals surface area contributed by atoms with Crippen LogP contribution in [-0.2, 0) is 4.79 Å².